The molecule has 0 aromatic heterocycles. The number of benzene rings is 3. The summed E-state index contributed by atoms with van der Waals surface area (Å²) in [5.74, 6) is 0. The Bertz CT molecular complexity index is 1110. The lowest BCUT2D eigenvalue weighted by atomic mass is 10.1. The predicted molar refractivity (Wildman–Crippen MR) is 135 cm³/mol. The topological polar surface area (TPSA) is 0 Å². The number of rotatable bonds is 3. The molecule has 0 aliphatic heterocycles. The van der Waals surface area contributed by atoms with E-state index < -0.39 is 7.92 Å². The van der Waals surface area contributed by atoms with Gasteiger partial charge in [-0.2, -0.15) is 0 Å². The van der Waals surface area contributed by atoms with E-state index in [0.29, 0.717) is 0 Å². The molecule has 0 unspecified atom stereocenters. The van der Waals surface area contributed by atoms with E-state index in [1.165, 1.54) is 58.3 Å². The van der Waals surface area contributed by atoms with Gasteiger partial charge in [-0.25, -0.2) is 0 Å². The first-order chi connectivity index (χ1) is 14.0. The standard InChI is InChI=1S/C26H21Br2P/c1-16-12-19-21(14-16)25(10-8-23(19)27)29(18-6-4-3-5-7-18)26-11-9-24(28)20-13-17(2)15-22(20)26/h3-13H,14-15H2,1-2H3. The zero-order valence-electron chi connectivity index (χ0n) is 16.5. The average molecular weight is 524 g/mol. The highest BCUT2D eigenvalue weighted by Gasteiger charge is 2.28. The van der Waals surface area contributed by atoms with Crippen molar-refractivity contribution in [2.45, 2.75) is 26.7 Å². The lowest BCUT2D eigenvalue weighted by Crippen LogP contribution is -2.26. The molecule has 0 saturated heterocycles. The van der Waals surface area contributed by atoms with Gasteiger partial charge in [-0.3, -0.25) is 0 Å². The van der Waals surface area contributed by atoms with Crippen molar-refractivity contribution in [3.8, 4) is 0 Å². The fourth-order valence-corrected chi connectivity index (χ4v) is 8.13. The summed E-state index contributed by atoms with van der Waals surface area (Å²) >= 11 is 7.57. The van der Waals surface area contributed by atoms with Gasteiger partial charge < -0.3 is 0 Å². The largest absolute Gasteiger partial charge is 0.0682 e. The molecule has 144 valence electrons. The van der Waals surface area contributed by atoms with E-state index in [1.807, 2.05) is 0 Å². The summed E-state index contributed by atoms with van der Waals surface area (Å²) in [6.07, 6.45) is 6.79. The maximum Gasteiger partial charge on any atom is 0.0251 e. The summed E-state index contributed by atoms with van der Waals surface area (Å²) in [5, 5.41) is 4.41. The van der Waals surface area contributed by atoms with Crippen LogP contribution in [0.2, 0.25) is 0 Å². The van der Waals surface area contributed by atoms with Crippen molar-refractivity contribution >= 4 is 67.8 Å². The number of allylic oxidation sites excluding steroid dienone is 2. The van der Waals surface area contributed by atoms with Crippen LogP contribution in [0.5, 0.6) is 0 Å². The molecule has 0 radical (unpaired) electrons. The maximum atomic E-state index is 3.79. The third-order valence-corrected chi connectivity index (χ3v) is 9.75. The fourth-order valence-electron chi connectivity index (χ4n) is 4.49. The molecule has 0 fully saturated rings. The molecule has 0 atom stereocenters. The van der Waals surface area contributed by atoms with E-state index in [9.17, 15) is 0 Å². The van der Waals surface area contributed by atoms with Gasteiger partial charge in [-0.15, -0.1) is 0 Å². The molecule has 0 nitrogen and oxygen atoms in total. The van der Waals surface area contributed by atoms with Crippen LogP contribution < -0.4 is 15.9 Å². The Morgan fingerprint density at radius 3 is 1.62 bits per heavy atom. The van der Waals surface area contributed by atoms with Gasteiger partial charge in [0.05, 0.1) is 0 Å². The molecule has 3 heteroatoms. The van der Waals surface area contributed by atoms with Crippen molar-refractivity contribution in [2.24, 2.45) is 0 Å². The highest BCUT2D eigenvalue weighted by Crippen LogP contribution is 2.43. The van der Waals surface area contributed by atoms with E-state index in [0.717, 1.165) is 12.8 Å². The monoisotopic (exact) mass is 522 g/mol. The molecule has 0 N–H and O–H groups in total. The van der Waals surface area contributed by atoms with E-state index >= 15 is 0 Å². The first kappa shape index (κ1) is 19.5. The molecular formula is C26H21Br2P. The average Bonchev–Trinajstić information content (AvgIpc) is 3.30. The SMILES string of the molecule is CC1=Cc2c(Br)ccc(P(c3ccccc3)c3ccc(Br)c4c3CC(C)=C4)c2C1. The Hall–Kier alpha value is -1.47. The lowest BCUT2D eigenvalue weighted by molar-refractivity contribution is 1.20. The van der Waals surface area contributed by atoms with Crippen LogP contribution >= 0.6 is 39.8 Å². The molecule has 0 spiro atoms. The van der Waals surface area contributed by atoms with E-state index in [1.54, 1.807) is 0 Å². The first-order valence-corrected chi connectivity index (χ1v) is 12.8. The van der Waals surface area contributed by atoms with Gasteiger partial charge in [-0.1, -0.05) is 97.6 Å². The summed E-state index contributed by atoms with van der Waals surface area (Å²) in [6.45, 7) is 4.48. The normalized spacial score (nSPS) is 14.7. The number of fused-ring (bicyclic) bond motifs is 2. The van der Waals surface area contributed by atoms with Gasteiger partial charge in [0.1, 0.15) is 0 Å². The van der Waals surface area contributed by atoms with Gasteiger partial charge in [0.25, 0.3) is 0 Å². The van der Waals surface area contributed by atoms with Crippen molar-refractivity contribution in [1.82, 2.24) is 0 Å². The van der Waals surface area contributed by atoms with Gasteiger partial charge in [-0.05, 0) is 84.9 Å². The molecule has 0 amide bonds. The van der Waals surface area contributed by atoms with Crippen LogP contribution in [0.15, 0.2) is 74.7 Å². The fraction of sp³-hybridized carbons (Fsp3) is 0.154. The van der Waals surface area contributed by atoms with Crippen LogP contribution in [-0.4, -0.2) is 0 Å². The molecule has 3 aromatic rings. The Morgan fingerprint density at radius 1 is 0.655 bits per heavy atom. The quantitative estimate of drug-likeness (QED) is 0.328. The summed E-state index contributed by atoms with van der Waals surface area (Å²) in [5.41, 5.74) is 8.60. The summed E-state index contributed by atoms with van der Waals surface area (Å²) in [7, 11) is -0.623. The highest BCUT2D eigenvalue weighted by atomic mass is 79.9. The van der Waals surface area contributed by atoms with Crippen LogP contribution in [0.4, 0.5) is 0 Å². The highest BCUT2D eigenvalue weighted by molar-refractivity contribution is 9.10. The summed E-state index contributed by atoms with van der Waals surface area (Å²) in [4.78, 5) is 0. The zero-order chi connectivity index (χ0) is 20.1. The molecule has 29 heavy (non-hydrogen) atoms. The van der Waals surface area contributed by atoms with Gasteiger partial charge in [0.2, 0.25) is 0 Å². The molecule has 0 saturated carbocycles. The summed E-state index contributed by atoms with van der Waals surface area (Å²) < 4.78 is 2.41. The van der Waals surface area contributed by atoms with Crippen LogP contribution in [0.3, 0.4) is 0 Å². The van der Waals surface area contributed by atoms with Crippen LogP contribution in [0.1, 0.15) is 36.1 Å². The Kier molecular flexibility index (Phi) is 5.14. The molecule has 2 aliphatic rings. The number of hydrogen-bond donors (Lipinski definition) is 0. The Balaban J connectivity index is 1.76. The van der Waals surface area contributed by atoms with Crippen molar-refractivity contribution < 1.29 is 0 Å². The number of hydrogen-bond acceptors (Lipinski definition) is 0. The van der Waals surface area contributed by atoms with Gasteiger partial charge in [0.15, 0.2) is 0 Å². The third-order valence-electron chi connectivity index (χ3n) is 5.75. The van der Waals surface area contributed by atoms with Gasteiger partial charge >= 0.3 is 0 Å². The lowest BCUT2D eigenvalue weighted by Gasteiger charge is -2.25. The minimum Gasteiger partial charge on any atom is -0.0682 e. The molecule has 3 aromatic carbocycles. The van der Waals surface area contributed by atoms with Crippen molar-refractivity contribution in [1.29, 1.82) is 0 Å². The molecule has 5 rings (SSSR count). The van der Waals surface area contributed by atoms with E-state index in [4.69, 9.17) is 0 Å². The van der Waals surface area contributed by atoms with Crippen LogP contribution in [-0.2, 0) is 12.8 Å². The Labute approximate surface area is 190 Å². The number of halogens is 2. The van der Waals surface area contributed by atoms with Gasteiger partial charge in [0, 0.05) is 8.95 Å². The molecule has 2 aliphatic carbocycles. The van der Waals surface area contributed by atoms with Crippen molar-refractivity contribution in [3.05, 3.63) is 96.9 Å². The molecule has 0 bridgehead atoms. The second kappa shape index (κ2) is 7.65. The Morgan fingerprint density at radius 2 is 1.14 bits per heavy atom. The first-order valence-electron chi connectivity index (χ1n) is 9.85. The van der Waals surface area contributed by atoms with E-state index in [2.05, 4.69) is 112 Å². The molecular weight excluding hydrogens is 503 g/mol. The second-order valence-electron chi connectivity index (χ2n) is 7.92. The van der Waals surface area contributed by atoms with E-state index in [-0.39, 0.29) is 0 Å². The summed E-state index contributed by atoms with van der Waals surface area (Å²) in [6, 6.07) is 20.3. The minimum absolute atomic E-state index is 0.623. The second-order valence-corrected chi connectivity index (χ2v) is 11.8. The van der Waals surface area contributed by atoms with Crippen LogP contribution in [0.25, 0.3) is 12.2 Å². The third kappa shape index (κ3) is 3.40. The maximum absolute atomic E-state index is 3.79. The van der Waals surface area contributed by atoms with Crippen molar-refractivity contribution in [3.63, 3.8) is 0 Å². The zero-order valence-corrected chi connectivity index (χ0v) is 20.5. The minimum atomic E-state index is -0.623. The van der Waals surface area contributed by atoms with Crippen LogP contribution in [0, 0.1) is 0 Å². The van der Waals surface area contributed by atoms with Crippen molar-refractivity contribution in [2.75, 3.05) is 0 Å². The predicted octanol–water partition coefficient (Wildman–Crippen LogP) is 6.89. The molecule has 0 heterocycles. The smallest absolute Gasteiger partial charge is 0.0251 e.